The molecule has 1 saturated heterocycles. The molecule has 3 aromatic rings. The van der Waals surface area contributed by atoms with Crippen LogP contribution in [0, 0.1) is 17.8 Å². The van der Waals surface area contributed by atoms with Gasteiger partial charge in [0.25, 0.3) is 0 Å². The van der Waals surface area contributed by atoms with E-state index in [0.29, 0.717) is 33.9 Å². The monoisotopic (exact) mass is 565 g/mol. The predicted octanol–water partition coefficient (Wildman–Crippen LogP) is 6.07. The van der Waals surface area contributed by atoms with E-state index in [4.69, 9.17) is 14.2 Å². The Bertz CT molecular complexity index is 1640. The molecular formula is C35H35NO6. The fourth-order valence-electron chi connectivity index (χ4n) is 7.25. The molecule has 0 saturated carbocycles. The molecule has 0 N–H and O–H groups in total. The van der Waals surface area contributed by atoms with Crippen LogP contribution in [0.25, 0.3) is 6.08 Å². The number of ether oxygens (including phenoxy) is 3. The first-order valence-electron chi connectivity index (χ1n) is 14.1. The molecule has 0 aromatic heterocycles. The minimum Gasteiger partial charge on any atom is -0.493 e. The van der Waals surface area contributed by atoms with E-state index in [1.54, 1.807) is 36.4 Å². The number of methoxy groups -OCH3 is 3. The second kappa shape index (κ2) is 9.58. The Balaban J connectivity index is 1.75. The highest BCUT2D eigenvalue weighted by Gasteiger charge is 2.72. The number of carbonyl (C=O) groups excluding carboxylic acids is 3. The van der Waals surface area contributed by atoms with E-state index in [9.17, 15) is 14.4 Å². The number of Topliss-reactive ketones (excluding diaryl/α,β-unsaturated/α-hetero) is 3. The average molecular weight is 566 g/mol. The number of ketones is 3. The Hall–Kier alpha value is -4.39. The fourth-order valence-corrected chi connectivity index (χ4v) is 7.25. The Kier molecular flexibility index (Phi) is 6.33. The Morgan fingerprint density at radius 2 is 1.50 bits per heavy atom. The summed E-state index contributed by atoms with van der Waals surface area (Å²) in [5, 5.41) is 0. The second-order valence-corrected chi connectivity index (χ2v) is 12.3. The second-order valence-electron chi connectivity index (χ2n) is 12.3. The SMILES string of the molecule is COc1ccc([C@@H]2[C@H](C(=O)C(C)(C)C)N3c4ccc(C)cc4C=C[C@H]3C23C(=O)c2ccccc2C3=O)c(OC)c1OC. The average Bonchev–Trinajstić information content (AvgIpc) is 3.40. The summed E-state index contributed by atoms with van der Waals surface area (Å²) >= 11 is 0. The van der Waals surface area contributed by atoms with Crippen molar-refractivity contribution < 1.29 is 28.6 Å². The zero-order chi connectivity index (χ0) is 30.1. The maximum atomic E-state index is 14.8. The standard InChI is InChI=1S/C35H35NO6/c1-19-12-15-24-20(18-19)13-17-26-35(31(37)21-10-8-9-11-22(21)32(35)38)27(28(36(24)26)33(39)34(2,3)4)23-14-16-25(40-5)30(42-7)29(23)41-6/h8-18,26-28H,1-7H3/t26-,27+,28+/m0/s1. The van der Waals surface area contributed by atoms with Gasteiger partial charge < -0.3 is 19.1 Å². The topological polar surface area (TPSA) is 82.1 Å². The third-order valence-corrected chi connectivity index (χ3v) is 9.04. The van der Waals surface area contributed by atoms with Crippen molar-refractivity contribution in [3.05, 3.63) is 88.5 Å². The van der Waals surface area contributed by atoms with Crippen LogP contribution < -0.4 is 19.1 Å². The summed E-state index contributed by atoms with van der Waals surface area (Å²) in [6.07, 6.45) is 3.90. The first kappa shape index (κ1) is 27.8. The molecule has 3 atom stereocenters. The van der Waals surface area contributed by atoms with Crippen molar-refractivity contribution in [3.63, 3.8) is 0 Å². The number of rotatable bonds is 5. The fraction of sp³-hybridized carbons (Fsp3) is 0.343. The van der Waals surface area contributed by atoms with Crippen molar-refractivity contribution in [2.24, 2.45) is 10.8 Å². The van der Waals surface area contributed by atoms with Gasteiger partial charge >= 0.3 is 0 Å². The molecule has 216 valence electrons. The molecule has 3 aromatic carbocycles. The van der Waals surface area contributed by atoms with E-state index in [0.717, 1.165) is 16.8 Å². The third kappa shape index (κ3) is 3.55. The first-order valence-corrected chi connectivity index (χ1v) is 14.1. The summed E-state index contributed by atoms with van der Waals surface area (Å²) in [6, 6.07) is 15.0. The smallest absolute Gasteiger partial charge is 0.203 e. The van der Waals surface area contributed by atoms with E-state index in [1.165, 1.54) is 21.3 Å². The molecule has 7 heteroatoms. The van der Waals surface area contributed by atoms with E-state index in [-0.39, 0.29) is 17.3 Å². The number of fused-ring (bicyclic) bond motifs is 5. The minimum atomic E-state index is -1.62. The highest BCUT2D eigenvalue weighted by molar-refractivity contribution is 6.32. The van der Waals surface area contributed by atoms with E-state index < -0.39 is 28.8 Å². The predicted molar refractivity (Wildman–Crippen MR) is 161 cm³/mol. The molecule has 6 rings (SSSR count). The number of aryl methyl sites for hydroxylation is 1. The zero-order valence-corrected chi connectivity index (χ0v) is 25.0. The van der Waals surface area contributed by atoms with Crippen molar-refractivity contribution in [2.45, 2.75) is 45.7 Å². The summed E-state index contributed by atoms with van der Waals surface area (Å²) in [5.74, 6) is -0.444. The highest BCUT2D eigenvalue weighted by atomic mass is 16.5. The number of nitrogens with zero attached hydrogens (tertiary/aromatic N) is 1. The van der Waals surface area contributed by atoms with Gasteiger partial charge in [-0.05, 0) is 30.7 Å². The largest absolute Gasteiger partial charge is 0.493 e. The molecule has 42 heavy (non-hydrogen) atoms. The van der Waals surface area contributed by atoms with Gasteiger partial charge in [0, 0.05) is 33.7 Å². The van der Waals surface area contributed by atoms with Crippen LogP contribution in [-0.4, -0.2) is 50.8 Å². The third-order valence-electron chi connectivity index (χ3n) is 9.04. The lowest BCUT2D eigenvalue weighted by Gasteiger charge is -2.38. The molecule has 3 aliphatic rings. The van der Waals surface area contributed by atoms with Crippen molar-refractivity contribution in [3.8, 4) is 17.2 Å². The van der Waals surface area contributed by atoms with Crippen LogP contribution in [0.5, 0.6) is 17.2 Å². The molecule has 2 aliphatic heterocycles. The summed E-state index contributed by atoms with van der Waals surface area (Å²) in [5.41, 5.74) is 1.70. The molecule has 0 unspecified atom stereocenters. The van der Waals surface area contributed by atoms with Crippen LogP contribution in [0.2, 0.25) is 0 Å². The summed E-state index contributed by atoms with van der Waals surface area (Å²) in [6.45, 7) is 7.64. The number of carbonyl (C=O) groups is 3. The van der Waals surface area contributed by atoms with Gasteiger partial charge in [-0.25, -0.2) is 0 Å². The molecule has 0 amide bonds. The molecule has 0 bridgehead atoms. The lowest BCUT2D eigenvalue weighted by Crippen LogP contribution is -2.49. The van der Waals surface area contributed by atoms with Gasteiger partial charge in [-0.2, -0.15) is 0 Å². The van der Waals surface area contributed by atoms with Gasteiger partial charge in [-0.15, -0.1) is 0 Å². The first-order chi connectivity index (χ1) is 20.0. The number of anilines is 1. The van der Waals surface area contributed by atoms with Gasteiger partial charge in [0.05, 0.1) is 33.4 Å². The summed E-state index contributed by atoms with van der Waals surface area (Å²) in [4.78, 5) is 46.4. The maximum Gasteiger partial charge on any atom is 0.203 e. The van der Waals surface area contributed by atoms with Crippen LogP contribution in [0.3, 0.4) is 0 Å². The molecule has 1 spiro atoms. The molecule has 0 radical (unpaired) electrons. The van der Waals surface area contributed by atoms with Gasteiger partial charge in [-0.1, -0.05) is 74.9 Å². The Morgan fingerprint density at radius 1 is 0.857 bits per heavy atom. The van der Waals surface area contributed by atoms with Gasteiger partial charge in [0.15, 0.2) is 28.8 Å². The zero-order valence-electron chi connectivity index (χ0n) is 25.0. The molecule has 7 nitrogen and oxygen atoms in total. The van der Waals surface area contributed by atoms with Crippen LogP contribution in [0.4, 0.5) is 5.69 Å². The number of benzene rings is 3. The number of hydrogen-bond donors (Lipinski definition) is 0. The van der Waals surface area contributed by atoms with Gasteiger partial charge in [0.2, 0.25) is 5.75 Å². The Morgan fingerprint density at radius 3 is 2.07 bits per heavy atom. The Labute approximate surface area is 246 Å². The molecule has 2 heterocycles. The van der Waals surface area contributed by atoms with E-state index in [2.05, 4.69) is 6.07 Å². The van der Waals surface area contributed by atoms with Gasteiger partial charge in [-0.3, -0.25) is 14.4 Å². The van der Waals surface area contributed by atoms with E-state index in [1.807, 2.05) is 56.9 Å². The summed E-state index contributed by atoms with van der Waals surface area (Å²) in [7, 11) is 4.56. The minimum absolute atomic E-state index is 0.0791. The quantitative estimate of drug-likeness (QED) is 0.347. The normalized spacial score (nSPS) is 21.7. The van der Waals surface area contributed by atoms with Gasteiger partial charge in [0.1, 0.15) is 5.41 Å². The van der Waals surface area contributed by atoms with Crippen LogP contribution >= 0.6 is 0 Å². The molecule has 1 aliphatic carbocycles. The van der Waals surface area contributed by atoms with Crippen molar-refractivity contribution in [1.29, 1.82) is 0 Å². The van der Waals surface area contributed by atoms with Crippen LogP contribution in [0.1, 0.15) is 64.1 Å². The van der Waals surface area contributed by atoms with Crippen LogP contribution in [0.15, 0.2) is 60.7 Å². The maximum absolute atomic E-state index is 14.8. The molecule has 1 fully saturated rings. The van der Waals surface area contributed by atoms with Crippen LogP contribution in [-0.2, 0) is 4.79 Å². The van der Waals surface area contributed by atoms with Crippen molar-refractivity contribution in [2.75, 3.05) is 26.2 Å². The molecular weight excluding hydrogens is 530 g/mol. The van der Waals surface area contributed by atoms with Crippen molar-refractivity contribution in [1.82, 2.24) is 0 Å². The lowest BCUT2D eigenvalue weighted by atomic mass is 9.63. The highest BCUT2D eigenvalue weighted by Crippen LogP contribution is 2.63. The van der Waals surface area contributed by atoms with Crippen molar-refractivity contribution >= 4 is 29.1 Å². The van der Waals surface area contributed by atoms with E-state index >= 15 is 0 Å². The summed E-state index contributed by atoms with van der Waals surface area (Å²) < 4.78 is 17.3. The lowest BCUT2D eigenvalue weighted by molar-refractivity contribution is -0.127. The number of hydrogen-bond acceptors (Lipinski definition) is 7.